The molecule has 124 valence electrons. The van der Waals surface area contributed by atoms with Gasteiger partial charge in [-0.25, -0.2) is 0 Å². The van der Waals surface area contributed by atoms with E-state index in [1.807, 2.05) is 37.3 Å². The summed E-state index contributed by atoms with van der Waals surface area (Å²) in [5, 5.41) is 0. The number of ether oxygens (including phenoxy) is 2. The highest BCUT2D eigenvalue weighted by atomic mass is 16.5. The molecule has 1 amide bonds. The molecule has 1 heterocycles. The average molecular weight is 317 g/mol. The Balaban J connectivity index is 1.96. The van der Waals surface area contributed by atoms with Gasteiger partial charge in [0.15, 0.2) is 11.5 Å². The summed E-state index contributed by atoms with van der Waals surface area (Å²) in [6.07, 6.45) is 2.69. The summed E-state index contributed by atoms with van der Waals surface area (Å²) >= 11 is 0. The zero-order chi connectivity index (χ0) is 16.8. The molecule has 2 rings (SSSR count). The number of carbonyl (C=O) groups excluding carboxylic acids is 1. The molecule has 5 nitrogen and oxygen atoms in total. The van der Waals surface area contributed by atoms with E-state index in [0.29, 0.717) is 24.3 Å². The number of furan rings is 1. The molecule has 1 aromatic carbocycles. The first-order valence-corrected chi connectivity index (χ1v) is 7.56. The van der Waals surface area contributed by atoms with Crippen LogP contribution in [-0.4, -0.2) is 32.1 Å². The summed E-state index contributed by atoms with van der Waals surface area (Å²) < 4.78 is 15.9. The molecule has 0 aliphatic heterocycles. The first kappa shape index (κ1) is 16.9. The SMILES string of the molecule is COc1ccc(CCC(=O)N(C)C(C)c2ccco2)cc1OC. The summed E-state index contributed by atoms with van der Waals surface area (Å²) in [6, 6.07) is 9.33. The monoisotopic (exact) mass is 317 g/mol. The minimum absolute atomic E-state index is 0.0729. The molecular formula is C18H23NO4. The van der Waals surface area contributed by atoms with Crippen LogP contribution in [0.2, 0.25) is 0 Å². The van der Waals surface area contributed by atoms with Crippen LogP contribution in [0.1, 0.15) is 30.7 Å². The van der Waals surface area contributed by atoms with Gasteiger partial charge in [-0.2, -0.15) is 0 Å². The second kappa shape index (κ2) is 7.72. The Morgan fingerprint density at radius 3 is 2.57 bits per heavy atom. The van der Waals surface area contributed by atoms with E-state index in [2.05, 4.69) is 0 Å². The fraction of sp³-hybridized carbons (Fsp3) is 0.389. The number of hydrogen-bond acceptors (Lipinski definition) is 4. The van der Waals surface area contributed by atoms with Crippen LogP contribution < -0.4 is 9.47 Å². The van der Waals surface area contributed by atoms with Gasteiger partial charge in [0.05, 0.1) is 26.5 Å². The van der Waals surface area contributed by atoms with Crippen molar-refractivity contribution in [3.8, 4) is 11.5 Å². The molecule has 0 saturated carbocycles. The summed E-state index contributed by atoms with van der Waals surface area (Å²) in [7, 11) is 5.00. The van der Waals surface area contributed by atoms with E-state index >= 15 is 0 Å². The van der Waals surface area contributed by atoms with Crippen molar-refractivity contribution in [3.05, 3.63) is 47.9 Å². The Kier molecular flexibility index (Phi) is 5.68. The van der Waals surface area contributed by atoms with Crippen molar-refractivity contribution in [3.63, 3.8) is 0 Å². The van der Waals surface area contributed by atoms with E-state index in [9.17, 15) is 4.79 Å². The molecule has 1 atom stereocenters. The summed E-state index contributed by atoms with van der Waals surface area (Å²) in [4.78, 5) is 14.1. The first-order chi connectivity index (χ1) is 11.1. The number of hydrogen-bond donors (Lipinski definition) is 0. The van der Waals surface area contributed by atoms with Crippen molar-refractivity contribution < 1.29 is 18.7 Å². The van der Waals surface area contributed by atoms with E-state index in [0.717, 1.165) is 11.3 Å². The van der Waals surface area contributed by atoms with Crippen LogP contribution in [0.15, 0.2) is 41.0 Å². The molecule has 0 aliphatic rings. The third-order valence-electron chi connectivity index (χ3n) is 4.00. The van der Waals surface area contributed by atoms with Gasteiger partial charge in [0.25, 0.3) is 0 Å². The predicted octanol–water partition coefficient (Wildman–Crippen LogP) is 3.45. The molecule has 0 N–H and O–H groups in total. The number of amides is 1. The Morgan fingerprint density at radius 2 is 1.96 bits per heavy atom. The standard InChI is InChI=1S/C18H23NO4/c1-13(15-6-5-11-23-15)19(2)18(20)10-8-14-7-9-16(21-3)17(12-14)22-4/h5-7,9,11-13H,8,10H2,1-4H3. The van der Waals surface area contributed by atoms with Crippen molar-refractivity contribution in [2.24, 2.45) is 0 Å². The lowest BCUT2D eigenvalue weighted by Crippen LogP contribution is -2.29. The van der Waals surface area contributed by atoms with Crippen LogP contribution in [0.4, 0.5) is 0 Å². The van der Waals surface area contributed by atoms with Gasteiger partial charge < -0.3 is 18.8 Å². The quantitative estimate of drug-likeness (QED) is 0.785. The van der Waals surface area contributed by atoms with Crippen molar-refractivity contribution >= 4 is 5.91 Å². The second-order valence-electron chi connectivity index (χ2n) is 5.39. The fourth-order valence-corrected chi connectivity index (χ4v) is 2.40. The van der Waals surface area contributed by atoms with Gasteiger partial charge >= 0.3 is 0 Å². The highest BCUT2D eigenvalue weighted by Gasteiger charge is 2.19. The molecule has 0 saturated heterocycles. The lowest BCUT2D eigenvalue weighted by Gasteiger charge is -2.23. The van der Waals surface area contributed by atoms with E-state index < -0.39 is 0 Å². The lowest BCUT2D eigenvalue weighted by molar-refractivity contribution is -0.132. The van der Waals surface area contributed by atoms with Crippen molar-refractivity contribution in [1.29, 1.82) is 0 Å². The third kappa shape index (κ3) is 4.06. The number of methoxy groups -OCH3 is 2. The maximum Gasteiger partial charge on any atom is 0.223 e. The van der Waals surface area contributed by atoms with Crippen LogP contribution in [-0.2, 0) is 11.2 Å². The average Bonchev–Trinajstić information content (AvgIpc) is 3.12. The predicted molar refractivity (Wildman–Crippen MR) is 87.8 cm³/mol. The molecule has 5 heteroatoms. The van der Waals surface area contributed by atoms with Crippen LogP contribution >= 0.6 is 0 Å². The van der Waals surface area contributed by atoms with Gasteiger partial charge in [0.1, 0.15) is 5.76 Å². The number of carbonyl (C=O) groups is 1. The highest BCUT2D eigenvalue weighted by Crippen LogP contribution is 2.28. The van der Waals surface area contributed by atoms with Crippen LogP contribution in [0.25, 0.3) is 0 Å². The normalized spacial score (nSPS) is 11.8. The van der Waals surface area contributed by atoms with E-state index in [1.54, 1.807) is 32.4 Å². The van der Waals surface area contributed by atoms with E-state index in [-0.39, 0.29) is 11.9 Å². The van der Waals surface area contributed by atoms with Crippen LogP contribution in [0, 0.1) is 0 Å². The van der Waals surface area contributed by atoms with Gasteiger partial charge in [-0.05, 0) is 43.2 Å². The summed E-state index contributed by atoms with van der Waals surface area (Å²) in [6.45, 7) is 1.95. The highest BCUT2D eigenvalue weighted by molar-refractivity contribution is 5.76. The van der Waals surface area contributed by atoms with Crippen LogP contribution in [0.5, 0.6) is 11.5 Å². The molecule has 2 aromatic rings. The minimum Gasteiger partial charge on any atom is -0.493 e. The zero-order valence-corrected chi connectivity index (χ0v) is 14.0. The Morgan fingerprint density at radius 1 is 1.22 bits per heavy atom. The minimum atomic E-state index is -0.0806. The number of nitrogens with zero attached hydrogens (tertiary/aromatic N) is 1. The molecule has 0 fully saturated rings. The third-order valence-corrected chi connectivity index (χ3v) is 4.00. The van der Waals surface area contributed by atoms with Gasteiger partial charge in [0, 0.05) is 13.5 Å². The summed E-state index contributed by atoms with van der Waals surface area (Å²) in [5.74, 6) is 2.22. The number of aryl methyl sites for hydroxylation is 1. The van der Waals surface area contributed by atoms with Gasteiger partial charge in [-0.1, -0.05) is 6.07 Å². The van der Waals surface area contributed by atoms with Crippen molar-refractivity contribution in [1.82, 2.24) is 4.90 Å². The Bertz CT molecular complexity index is 636. The zero-order valence-electron chi connectivity index (χ0n) is 14.0. The van der Waals surface area contributed by atoms with Gasteiger partial charge in [-0.3, -0.25) is 4.79 Å². The maximum absolute atomic E-state index is 12.4. The first-order valence-electron chi connectivity index (χ1n) is 7.56. The van der Waals surface area contributed by atoms with Gasteiger partial charge in [0.2, 0.25) is 5.91 Å². The Labute approximate surface area is 136 Å². The molecule has 23 heavy (non-hydrogen) atoms. The largest absolute Gasteiger partial charge is 0.493 e. The Hall–Kier alpha value is -2.43. The van der Waals surface area contributed by atoms with Crippen molar-refractivity contribution in [2.75, 3.05) is 21.3 Å². The van der Waals surface area contributed by atoms with E-state index in [1.165, 1.54) is 0 Å². The van der Waals surface area contributed by atoms with Gasteiger partial charge in [-0.15, -0.1) is 0 Å². The molecule has 0 radical (unpaired) electrons. The lowest BCUT2D eigenvalue weighted by atomic mass is 10.1. The van der Waals surface area contributed by atoms with Crippen LogP contribution in [0.3, 0.4) is 0 Å². The molecule has 1 unspecified atom stereocenters. The maximum atomic E-state index is 12.4. The molecule has 0 spiro atoms. The topological polar surface area (TPSA) is 51.9 Å². The molecule has 0 aliphatic carbocycles. The second-order valence-corrected chi connectivity index (χ2v) is 5.39. The van der Waals surface area contributed by atoms with E-state index in [4.69, 9.17) is 13.9 Å². The molecular weight excluding hydrogens is 294 g/mol. The number of rotatable bonds is 7. The fourth-order valence-electron chi connectivity index (χ4n) is 2.40. The molecule has 1 aromatic heterocycles. The summed E-state index contributed by atoms with van der Waals surface area (Å²) in [5.41, 5.74) is 1.04. The molecule has 0 bridgehead atoms. The van der Waals surface area contributed by atoms with Crippen molar-refractivity contribution in [2.45, 2.75) is 25.8 Å². The number of benzene rings is 1. The smallest absolute Gasteiger partial charge is 0.223 e.